The summed E-state index contributed by atoms with van der Waals surface area (Å²) >= 11 is 0. The van der Waals surface area contributed by atoms with Crippen molar-refractivity contribution in [2.75, 3.05) is 16.5 Å². The van der Waals surface area contributed by atoms with E-state index < -0.39 is 0 Å². The summed E-state index contributed by atoms with van der Waals surface area (Å²) in [5.74, 6) is 0.241. The molecule has 142 valence electrons. The molecule has 0 aliphatic carbocycles. The molecule has 0 atom stereocenters. The van der Waals surface area contributed by atoms with Gasteiger partial charge in [0, 0.05) is 16.8 Å². The monoisotopic (exact) mass is 376 g/mol. The molecule has 1 heterocycles. The van der Waals surface area contributed by atoms with Gasteiger partial charge >= 0.3 is 0 Å². The number of rotatable bonds is 6. The second kappa shape index (κ2) is 8.17. The number of carbonyl (C=O) groups excluding carboxylic acids is 2. The van der Waals surface area contributed by atoms with Gasteiger partial charge < -0.3 is 11.1 Å². The van der Waals surface area contributed by atoms with Crippen molar-refractivity contribution in [1.82, 2.24) is 15.4 Å². The van der Waals surface area contributed by atoms with Gasteiger partial charge in [-0.05, 0) is 38.1 Å². The normalized spacial score (nSPS) is 10.2. The number of nitrogens with one attached hydrogen (secondary N) is 3. The van der Waals surface area contributed by atoms with Gasteiger partial charge in [-0.1, -0.05) is 29.8 Å². The number of amides is 1. The molecule has 28 heavy (non-hydrogen) atoms. The number of Topliss-reactive ketones (excluding diaryl/α,β-unsaturated/α-hetero) is 1. The molecular formula is C20H20N6O2. The Hall–Kier alpha value is -3.94. The molecule has 8 nitrogen and oxygen atoms in total. The van der Waals surface area contributed by atoms with Crippen molar-refractivity contribution in [2.24, 2.45) is 0 Å². The SMILES string of the molecule is CC(=O)c1cccc(Nc2ncnc(NNC(=O)c3ccc(C)cc3)c2N)c1. The number of benzene rings is 2. The van der Waals surface area contributed by atoms with Crippen molar-refractivity contribution >= 4 is 34.7 Å². The van der Waals surface area contributed by atoms with Crippen molar-refractivity contribution in [2.45, 2.75) is 13.8 Å². The molecule has 0 aliphatic heterocycles. The van der Waals surface area contributed by atoms with E-state index in [0.29, 0.717) is 22.6 Å². The summed E-state index contributed by atoms with van der Waals surface area (Å²) in [6.07, 6.45) is 1.31. The summed E-state index contributed by atoms with van der Waals surface area (Å²) in [4.78, 5) is 31.9. The minimum Gasteiger partial charge on any atom is -0.393 e. The number of hydrazine groups is 1. The molecule has 2 aromatic carbocycles. The van der Waals surface area contributed by atoms with E-state index >= 15 is 0 Å². The topological polar surface area (TPSA) is 122 Å². The zero-order valence-electron chi connectivity index (χ0n) is 15.5. The highest BCUT2D eigenvalue weighted by Gasteiger charge is 2.11. The van der Waals surface area contributed by atoms with Crippen LogP contribution in [-0.2, 0) is 0 Å². The number of nitrogens with two attached hydrogens (primary N) is 1. The standard InChI is InChI=1S/C20H20N6O2/c1-12-6-8-14(9-7-12)20(28)26-25-19-17(21)18(22-11-23-19)24-16-5-3-4-15(10-16)13(2)27/h3-11H,21H2,1-2H3,(H,26,28)(H2,22,23,24,25). The van der Waals surface area contributed by atoms with Gasteiger partial charge in [0.15, 0.2) is 17.4 Å². The molecule has 0 radical (unpaired) electrons. The van der Waals surface area contributed by atoms with Gasteiger partial charge in [-0.15, -0.1) is 0 Å². The van der Waals surface area contributed by atoms with Gasteiger partial charge in [-0.2, -0.15) is 0 Å². The summed E-state index contributed by atoms with van der Waals surface area (Å²) in [7, 11) is 0. The zero-order chi connectivity index (χ0) is 20.1. The van der Waals surface area contributed by atoms with Crippen LogP contribution in [0, 0.1) is 6.92 Å². The van der Waals surface area contributed by atoms with Gasteiger partial charge in [-0.3, -0.25) is 20.4 Å². The van der Waals surface area contributed by atoms with E-state index in [1.807, 2.05) is 19.1 Å². The van der Waals surface area contributed by atoms with Gasteiger partial charge in [-0.25, -0.2) is 9.97 Å². The van der Waals surface area contributed by atoms with Gasteiger partial charge in [0.05, 0.1) is 0 Å². The molecule has 3 rings (SSSR count). The van der Waals surface area contributed by atoms with E-state index in [9.17, 15) is 9.59 Å². The predicted octanol–water partition coefficient (Wildman–Crippen LogP) is 3.07. The summed E-state index contributed by atoms with van der Waals surface area (Å²) in [6, 6.07) is 14.1. The van der Waals surface area contributed by atoms with Gasteiger partial charge in [0.1, 0.15) is 12.0 Å². The van der Waals surface area contributed by atoms with Crippen LogP contribution >= 0.6 is 0 Å². The maximum Gasteiger partial charge on any atom is 0.269 e. The Bertz CT molecular complexity index is 1020. The lowest BCUT2D eigenvalue weighted by molar-refractivity contribution is 0.0961. The number of carbonyl (C=O) groups is 2. The van der Waals surface area contributed by atoms with E-state index in [4.69, 9.17) is 5.73 Å². The smallest absolute Gasteiger partial charge is 0.269 e. The van der Waals surface area contributed by atoms with E-state index in [1.54, 1.807) is 36.4 Å². The number of hydrogen-bond acceptors (Lipinski definition) is 7. The number of aryl methyl sites for hydroxylation is 1. The average Bonchev–Trinajstić information content (AvgIpc) is 2.69. The van der Waals surface area contributed by atoms with E-state index in [-0.39, 0.29) is 23.2 Å². The van der Waals surface area contributed by atoms with Crippen molar-refractivity contribution in [3.05, 3.63) is 71.5 Å². The van der Waals surface area contributed by atoms with Crippen LogP contribution in [0.15, 0.2) is 54.9 Å². The summed E-state index contributed by atoms with van der Waals surface area (Å²) in [5, 5.41) is 3.05. The first-order valence-corrected chi connectivity index (χ1v) is 8.55. The molecule has 1 aromatic heterocycles. The predicted molar refractivity (Wildman–Crippen MR) is 108 cm³/mol. The number of nitrogens with zero attached hydrogens (tertiary/aromatic N) is 2. The molecule has 8 heteroatoms. The minimum atomic E-state index is -0.318. The molecule has 0 aliphatic rings. The van der Waals surface area contributed by atoms with E-state index in [2.05, 4.69) is 26.1 Å². The highest BCUT2D eigenvalue weighted by Crippen LogP contribution is 2.25. The first kappa shape index (κ1) is 18.8. The Morgan fingerprint density at radius 2 is 1.68 bits per heavy atom. The minimum absolute atomic E-state index is 0.0412. The molecule has 0 saturated heterocycles. The quantitative estimate of drug-likeness (QED) is 0.385. The van der Waals surface area contributed by atoms with Crippen LogP contribution in [0.3, 0.4) is 0 Å². The molecular weight excluding hydrogens is 356 g/mol. The molecule has 0 bridgehead atoms. The lowest BCUT2D eigenvalue weighted by Crippen LogP contribution is -2.30. The fourth-order valence-electron chi connectivity index (χ4n) is 2.44. The Morgan fingerprint density at radius 3 is 2.39 bits per heavy atom. The second-order valence-corrected chi connectivity index (χ2v) is 6.19. The van der Waals surface area contributed by atoms with Crippen LogP contribution in [0.2, 0.25) is 0 Å². The Balaban J connectivity index is 1.72. The Morgan fingerprint density at radius 1 is 0.964 bits per heavy atom. The number of ketones is 1. The average molecular weight is 376 g/mol. The fourth-order valence-corrected chi connectivity index (χ4v) is 2.44. The Labute approximate surface area is 162 Å². The van der Waals surface area contributed by atoms with Gasteiger partial charge in [0.25, 0.3) is 5.91 Å². The fraction of sp³-hybridized carbons (Fsp3) is 0.100. The second-order valence-electron chi connectivity index (χ2n) is 6.19. The lowest BCUT2D eigenvalue weighted by Gasteiger charge is -2.13. The third-order valence-electron chi connectivity index (χ3n) is 4.02. The molecule has 0 fully saturated rings. The third-order valence-corrected chi connectivity index (χ3v) is 4.02. The van der Waals surface area contributed by atoms with Crippen molar-refractivity contribution < 1.29 is 9.59 Å². The highest BCUT2D eigenvalue weighted by atomic mass is 16.2. The Kier molecular flexibility index (Phi) is 5.50. The zero-order valence-corrected chi connectivity index (χ0v) is 15.5. The molecule has 0 unspecified atom stereocenters. The first-order chi connectivity index (χ1) is 13.4. The van der Waals surface area contributed by atoms with Crippen LogP contribution < -0.4 is 21.9 Å². The first-order valence-electron chi connectivity index (χ1n) is 8.55. The third kappa shape index (κ3) is 4.42. The number of anilines is 4. The lowest BCUT2D eigenvalue weighted by atomic mass is 10.1. The largest absolute Gasteiger partial charge is 0.393 e. The van der Waals surface area contributed by atoms with Crippen LogP contribution in [0.4, 0.5) is 23.0 Å². The van der Waals surface area contributed by atoms with Crippen LogP contribution in [0.25, 0.3) is 0 Å². The molecule has 0 spiro atoms. The summed E-state index contributed by atoms with van der Waals surface area (Å²) < 4.78 is 0. The van der Waals surface area contributed by atoms with Crippen LogP contribution in [-0.4, -0.2) is 21.7 Å². The van der Waals surface area contributed by atoms with Crippen LogP contribution in [0.5, 0.6) is 0 Å². The molecule has 3 aromatic rings. The highest BCUT2D eigenvalue weighted by molar-refractivity contribution is 5.96. The van der Waals surface area contributed by atoms with Crippen molar-refractivity contribution in [3.63, 3.8) is 0 Å². The molecule has 1 amide bonds. The summed E-state index contributed by atoms with van der Waals surface area (Å²) in [5.41, 5.74) is 14.4. The molecule has 0 saturated carbocycles. The van der Waals surface area contributed by atoms with Crippen molar-refractivity contribution in [1.29, 1.82) is 0 Å². The number of nitrogen functional groups attached to an aromatic ring is 1. The van der Waals surface area contributed by atoms with Gasteiger partial charge in [0.2, 0.25) is 0 Å². The molecule has 5 N–H and O–H groups in total. The van der Waals surface area contributed by atoms with E-state index in [0.717, 1.165) is 5.56 Å². The number of aromatic nitrogens is 2. The maximum absolute atomic E-state index is 12.2. The maximum atomic E-state index is 12.2. The van der Waals surface area contributed by atoms with E-state index in [1.165, 1.54) is 13.3 Å². The number of hydrogen-bond donors (Lipinski definition) is 4. The summed E-state index contributed by atoms with van der Waals surface area (Å²) in [6.45, 7) is 3.44. The van der Waals surface area contributed by atoms with Crippen LogP contribution in [0.1, 0.15) is 33.2 Å². The van der Waals surface area contributed by atoms with Crippen molar-refractivity contribution in [3.8, 4) is 0 Å².